The number of rotatable bonds is 4. The Morgan fingerprint density at radius 3 is 2.10 bits per heavy atom. The Morgan fingerprint density at radius 1 is 1.00 bits per heavy atom. The standard InChI is InChI=1S/C17H17IO2S/c1-3-16(17(18)14-7-5-4-6-8-14)21(19,20)15-11-9-13(2)10-12-15/h4-12H,3H2,1-2H3/b17-16+. The lowest BCUT2D eigenvalue weighted by Gasteiger charge is -2.11. The summed E-state index contributed by atoms with van der Waals surface area (Å²) in [6.45, 7) is 3.82. The van der Waals surface area contributed by atoms with Crippen molar-refractivity contribution in [3.63, 3.8) is 0 Å². The molecule has 0 aliphatic carbocycles. The smallest absolute Gasteiger partial charge is 0.203 e. The molecule has 0 saturated heterocycles. The minimum atomic E-state index is -3.44. The van der Waals surface area contributed by atoms with E-state index in [2.05, 4.69) is 22.6 Å². The van der Waals surface area contributed by atoms with Gasteiger partial charge in [0, 0.05) is 3.58 Å². The van der Waals surface area contributed by atoms with Gasteiger partial charge in [0.2, 0.25) is 9.84 Å². The van der Waals surface area contributed by atoms with Crippen LogP contribution in [0.4, 0.5) is 0 Å². The summed E-state index contributed by atoms with van der Waals surface area (Å²) in [7, 11) is -3.44. The van der Waals surface area contributed by atoms with Crippen LogP contribution in [0.1, 0.15) is 24.5 Å². The monoisotopic (exact) mass is 412 g/mol. The first-order valence-corrected chi connectivity index (χ1v) is 9.29. The average molecular weight is 412 g/mol. The topological polar surface area (TPSA) is 34.1 Å². The summed E-state index contributed by atoms with van der Waals surface area (Å²) in [4.78, 5) is 0.827. The Kier molecular flexibility index (Phi) is 5.22. The molecule has 4 heteroatoms. The molecular formula is C17H17IO2S. The SMILES string of the molecule is CC/C(=C(\I)c1ccccc1)S(=O)(=O)c1ccc(C)cc1. The Hall–Kier alpha value is -1.14. The van der Waals surface area contributed by atoms with E-state index in [1.54, 1.807) is 12.1 Å². The van der Waals surface area contributed by atoms with Gasteiger partial charge in [-0.05, 0) is 53.6 Å². The molecule has 2 aromatic carbocycles. The molecule has 0 fully saturated rings. The lowest BCUT2D eigenvalue weighted by atomic mass is 10.2. The molecule has 2 rings (SSSR count). The lowest BCUT2D eigenvalue weighted by molar-refractivity contribution is 0.601. The number of sulfone groups is 1. The van der Waals surface area contributed by atoms with Crippen LogP contribution < -0.4 is 0 Å². The van der Waals surface area contributed by atoms with Gasteiger partial charge in [-0.25, -0.2) is 8.42 Å². The van der Waals surface area contributed by atoms with E-state index < -0.39 is 9.84 Å². The molecular weight excluding hydrogens is 395 g/mol. The molecule has 0 unspecified atom stereocenters. The highest BCUT2D eigenvalue weighted by molar-refractivity contribution is 14.1. The minimum absolute atomic E-state index is 0.357. The first-order valence-electron chi connectivity index (χ1n) is 6.72. The van der Waals surface area contributed by atoms with E-state index in [0.29, 0.717) is 16.2 Å². The fraction of sp³-hybridized carbons (Fsp3) is 0.176. The summed E-state index contributed by atoms with van der Waals surface area (Å²) < 4.78 is 26.4. The van der Waals surface area contributed by atoms with Crippen LogP contribution in [0.15, 0.2) is 64.4 Å². The fourth-order valence-corrected chi connectivity index (χ4v) is 5.19. The Morgan fingerprint density at radius 2 is 1.57 bits per heavy atom. The first-order chi connectivity index (χ1) is 9.96. The molecule has 110 valence electrons. The van der Waals surface area contributed by atoms with Gasteiger partial charge in [0.25, 0.3) is 0 Å². The van der Waals surface area contributed by atoms with Crippen LogP contribution in [-0.4, -0.2) is 8.42 Å². The van der Waals surface area contributed by atoms with Crippen LogP contribution in [-0.2, 0) is 9.84 Å². The molecule has 0 aromatic heterocycles. The molecule has 0 spiro atoms. The molecule has 0 amide bonds. The molecule has 0 heterocycles. The van der Waals surface area contributed by atoms with Gasteiger partial charge in [-0.3, -0.25) is 0 Å². The Balaban J connectivity index is 2.57. The predicted molar refractivity (Wildman–Crippen MR) is 96.0 cm³/mol. The summed E-state index contributed by atoms with van der Waals surface area (Å²) in [6.07, 6.45) is 0.476. The van der Waals surface area contributed by atoms with Gasteiger partial charge in [-0.15, -0.1) is 0 Å². The van der Waals surface area contributed by atoms with Crippen molar-refractivity contribution >= 4 is 36.0 Å². The van der Waals surface area contributed by atoms with Crippen molar-refractivity contribution in [2.45, 2.75) is 25.2 Å². The van der Waals surface area contributed by atoms with Crippen LogP contribution in [0.3, 0.4) is 0 Å². The second-order valence-electron chi connectivity index (χ2n) is 4.77. The highest BCUT2D eigenvalue weighted by Gasteiger charge is 2.22. The van der Waals surface area contributed by atoms with Crippen molar-refractivity contribution in [3.8, 4) is 0 Å². The van der Waals surface area contributed by atoms with Gasteiger partial charge in [-0.2, -0.15) is 0 Å². The van der Waals surface area contributed by atoms with Gasteiger partial charge in [0.15, 0.2) is 0 Å². The van der Waals surface area contributed by atoms with Gasteiger partial charge in [0.05, 0.1) is 9.80 Å². The maximum absolute atomic E-state index is 12.8. The zero-order valence-electron chi connectivity index (χ0n) is 12.0. The molecule has 2 nitrogen and oxygen atoms in total. The van der Waals surface area contributed by atoms with E-state index in [9.17, 15) is 8.42 Å². The first kappa shape index (κ1) is 16.2. The molecule has 0 bridgehead atoms. The average Bonchev–Trinajstić information content (AvgIpc) is 2.49. The van der Waals surface area contributed by atoms with E-state index >= 15 is 0 Å². The van der Waals surface area contributed by atoms with Crippen LogP contribution in [0.5, 0.6) is 0 Å². The lowest BCUT2D eigenvalue weighted by Crippen LogP contribution is -2.05. The van der Waals surface area contributed by atoms with E-state index in [1.165, 1.54) is 0 Å². The quantitative estimate of drug-likeness (QED) is 0.664. The van der Waals surface area contributed by atoms with Crippen molar-refractivity contribution < 1.29 is 8.42 Å². The van der Waals surface area contributed by atoms with Crippen LogP contribution in [0.2, 0.25) is 0 Å². The van der Waals surface area contributed by atoms with Crippen molar-refractivity contribution in [1.82, 2.24) is 0 Å². The summed E-state index contributed by atoms with van der Waals surface area (Å²) in [5, 5.41) is 0. The number of hydrogen-bond acceptors (Lipinski definition) is 2. The maximum Gasteiger partial charge on any atom is 0.203 e. The molecule has 0 aliphatic heterocycles. The highest BCUT2D eigenvalue weighted by Crippen LogP contribution is 2.33. The summed E-state index contributed by atoms with van der Waals surface area (Å²) in [5.41, 5.74) is 1.99. The number of halogens is 1. The maximum atomic E-state index is 12.8. The van der Waals surface area contributed by atoms with Gasteiger partial charge in [-0.1, -0.05) is 55.0 Å². The number of hydrogen-bond donors (Lipinski definition) is 0. The number of allylic oxidation sites excluding steroid dienone is 1. The van der Waals surface area contributed by atoms with Crippen LogP contribution in [0, 0.1) is 6.92 Å². The zero-order chi connectivity index (χ0) is 15.5. The summed E-state index contributed by atoms with van der Waals surface area (Å²) in [5.74, 6) is 0. The van der Waals surface area contributed by atoms with Crippen LogP contribution >= 0.6 is 22.6 Å². The van der Waals surface area contributed by atoms with E-state index in [-0.39, 0.29) is 0 Å². The summed E-state index contributed by atoms with van der Waals surface area (Å²) in [6, 6.07) is 16.6. The van der Waals surface area contributed by atoms with E-state index in [4.69, 9.17) is 0 Å². The predicted octanol–water partition coefficient (Wildman–Crippen LogP) is 4.98. The van der Waals surface area contributed by atoms with Crippen molar-refractivity contribution in [2.75, 3.05) is 0 Å². The third-order valence-corrected chi connectivity index (χ3v) is 6.92. The zero-order valence-corrected chi connectivity index (χ0v) is 15.0. The Bertz CT molecular complexity index is 745. The van der Waals surface area contributed by atoms with E-state index in [1.807, 2.05) is 56.3 Å². The molecule has 0 aliphatic rings. The van der Waals surface area contributed by atoms with Crippen molar-refractivity contribution in [1.29, 1.82) is 0 Å². The third-order valence-electron chi connectivity index (χ3n) is 3.25. The number of benzene rings is 2. The second-order valence-corrected chi connectivity index (χ2v) is 7.82. The van der Waals surface area contributed by atoms with E-state index in [0.717, 1.165) is 14.7 Å². The van der Waals surface area contributed by atoms with Gasteiger partial charge < -0.3 is 0 Å². The highest BCUT2D eigenvalue weighted by atomic mass is 127. The summed E-state index contributed by atoms with van der Waals surface area (Å²) >= 11 is 2.13. The Labute approximate surface area is 140 Å². The second kappa shape index (κ2) is 6.75. The number of aryl methyl sites for hydroxylation is 1. The van der Waals surface area contributed by atoms with Crippen molar-refractivity contribution in [3.05, 3.63) is 70.6 Å². The van der Waals surface area contributed by atoms with Crippen LogP contribution in [0.25, 0.3) is 3.58 Å². The fourth-order valence-electron chi connectivity index (χ4n) is 2.07. The molecule has 0 saturated carbocycles. The normalized spacial score (nSPS) is 12.9. The third kappa shape index (κ3) is 3.55. The van der Waals surface area contributed by atoms with Crippen molar-refractivity contribution in [2.24, 2.45) is 0 Å². The molecule has 21 heavy (non-hydrogen) atoms. The minimum Gasteiger partial charge on any atom is -0.219 e. The largest absolute Gasteiger partial charge is 0.219 e. The molecule has 0 radical (unpaired) electrons. The molecule has 0 N–H and O–H groups in total. The van der Waals surface area contributed by atoms with Gasteiger partial charge >= 0.3 is 0 Å². The van der Waals surface area contributed by atoms with Gasteiger partial charge in [0.1, 0.15) is 0 Å². The molecule has 0 atom stereocenters. The molecule has 2 aromatic rings.